The first-order valence-electron chi connectivity index (χ1n) is 6.79. The van der Waals surface area contributed by atoms with E-state index in [1.165, 1.54) is 0 Å². The molecule has 0 aliphatic carbocycles. The summed E-state index contributed by atoms with van der Waals surface area (Å²) >= 11 is 0. The molecule has 1 aliphatic heterocycles. The Balaban J connectivity index is 1.95. The average Bonchev–Trinajstić information content (AvgIpc) is 2.90. The lowest BCUT2D eigenvalue weighted by Crippen LogP contribution is -2.48. The number of hydrogen-bond acceptors (Lipinski definition) is 4. The summed E-state index contributed by atoms with van der Waals surface area (Å²) in [7, 11) is 5.40. The summed E-state index contributed by atoms with van der Waals surface area (Å²) in [5, 5.41) is 7.49. The van der Waals surface area contributed by atoms with E-state index in [9.17, 15) is 0 Å². The van der Waals surface area contributed by atoms with Crippen molar-refractivity contribution in [1.29, 1.82) is 0 Å². The van der Waals surface area contributed by atoms with Crippen LogP contribution in [0.4, 0.5) is 0 Å². The quantitative estimate of drug-likeness (QED) is 0.479. The van der Waals surface area contributed by atoms with E-state index in [4.69, 9.17) is 9.47 Å². The fourth-order valence-electron chi connectivity index (χ4n) is 2.25. The minimum absolute atomic E-state index is 0.0402. The Labute approximate surface area is 119 Å². The Morgan fingerprint density at radius 1 is 1.65 bits per heavy atom. The molecule has 1 saturated heterocycles. The fraction of sp³-hybridized carbons (Fsp3) is 0.692. The van der Waals surface area contributed by atoms with Gasteiger partial charge in [0.1, 0.15) is 6.10 Å². The highest BCUT2D eigenvalue weighted by Gasteiger charge is 2.24. The molecule has 1 atom stereocenters. The van der Waals surface area contributed by atoms with Gasteiger partial charge in [-0.2, -0.15) is 5.10 Å². The number of morpholine rings is 1. The van der Waals surface area contributed by atoms with Gasteiger partial charge in [0.25, 0.3) is 0 Å². The molecule has 2 heterocycles. The molecule has 0 amide bonds. The molecular formula is C13H23N5O2. The molecule has 1 fully saturated rings. The van der Waals surface area contributed by atoms with Gasteiger partial charge in [-0.3, -0.25) is 9.67 Å². The van der Waals surface area contributed by atoms with Gasteiger partial charge in [0.2, 0.25) is 0 Å². The predicted molar refractivity (Wildman–Crippen MR) is 76.7 cm³/mol. The summed E-state index contributed by atoms with van der Waals surface area (Å²) in [6, 6.07) is 0. The first kappa shape index (κ1) is 14.8. The Morgan fingerprint density at radius 2 is 2.50 bits per heavy atom. The highest BCUT2D eigenvalue weighted by molar-refractivity contribution is 5.80. The number of methoxy groups -OCH3 is 1. The molecule has 1 N–H and O–H groups in total. The normalized spacial score (nSPS) is 20.2. The highest BCUT2D eigenvalue weighted by Crippen LogP contribution is 2.21. The van der Waals surface area contributed by atoms with Gasteiger partial charge < -0.3 is 19.7 Å². The number of nitrogens with zero attached hydrogens (tertiary/aromatic N) is 4. The third kappa shape index (κ3) is 3.71. The second-order valence-electron chi connectivity index (χ2n) is 4.72. The lowest BCUT2D eigenvalue weighted by molar-refractivity contribution is -0.00810. The topological polar surface area (TPSA) is 63.9 Å². The van der Waals surface area contributed by atoms with Crippen LogP contribution in [-0.4, -0.2) is 67.6 Å². The summed E-state index contributed by atoms with van der Waals surface area (Å²) in [6.07, 6.45) is 3.89. The Morgan fingerprint density at radius 3 is 3.15 bits per heavy atom. The number of rotatable bonds is 4. The fourth-order valence-corrected chi connectivity index (χ4v) is 2.25. The maximum atomic E-state index is 5.83. The van der Waals surface area contributed by atoms with Crippen LogP contribution in [0.15, 0.2) is 17.4 Å². The van der Waals surface area contributed by atoms with Crippen LogP contribution in [0.1, 0.15) is 11.7 Å². The van der Waals surface area contributed by atoms with E-state index in [1.54, 1.807) is 18.8 Å². The first-order valence-corrected chi connectivity index (χ1v) is 6.79. The van der Waals surface area contributed by atoms with Crippen LogP contribution in [0, 0.1) is 0 Å². The molecule has 7 nitrogen and oxygen atoms in total. The third-order valence-electron chi connectivity index (χ3n) is 3.26. The molecule has 0 saturated carbocycles. The molecule has 0 bridgehead atoms. The van der Waals surface area contributed by atoms with Crippen molar-refractivity contribution in [3.63, 3.8) is 0 Å². The molecule has 20 heavy (non-hydrogen) atoms. The second-order valence-corrected chi connectivity index (χ2v) is 4.72. The molecule has 0 spiro atoms. The van der Waals surface area contributed by atoms with Gasteiger partial charge in [0, 0.05) is 46.1 Å². The van der Waals surface area contributed by atoms with Crippen molar-refractivity contribution < 1.29 is 9.47 Å². The van der Waals surface area contributed by atoms with Crippen molar-refractivity contribution in [2.24, 2.45) is 12.0 Å². The van der Waals surface area contributed by atoms with Gasteiger partial charge in [-0.25, -0.2) is 0 Å². The van der Waals surface area contributed by atoms with Crippen molar-refractivity contribution in [3.8, 4) is 0 Å². The Hall–Kier alpha value is -1.60. The maximum absolute atomic E-state index is 5.83. The molecular weight excluding hydrogens is 258 g/mol. The lowest BCUT2D eigenvalue weighted by atomic mass is 10.1. The minimum Gasteiger partial charge on any atom is -0.383 e. The molecule has 1 aromatic heterocycles. The first-order chi connectivity index (χ1) is 9.74. The van der Waals surface area contributed by atoms with Crippen LogP contribution >= 0.6 is 0 Å². The molecule has 7 heteroatoms. The standard InChI is InChI=1S/C13H23N5O2/c1-14-13(15-4-6-19-3)18-5-7-20-12(10-18)11-8-16-17(2)9-11/h8-9,12H,4-7,10H2,1-3H3,(H,14,15). The van der Waals surface area contributed by atoms with Crippen LogP contribution < -0.4 is 5.32 Å². The van der Waals surface area contributed by atoms with E-state index in [-0.39, 0.29) is 6.10 Å². The van der Waals surface area contributed by atoms with Crippen LogP contribution in [0.25, 0.3) is 0 Å². The minimum atomic E-state index is 0.0402. The molecule has 0 radical (unpaired) electrons. The van der Waals surface area contributed by atoms with Gasteiger partial charge in [-0.05, 0) is 0 Å². The van der Waals surface area contributed by atoms with Crippen LogP contribution in [0.5, 0.6) is 0 Å². The van der Waals surface area contributed by atoms with Crippen molar-refractivity contribution in [3.05, 3.63) is 18.0 Å². The van der Waals surface area contributed by atoms with Crippen LogP contribution in [0.2, 0.25) is 0 Å². The summed E-state index contributed by atoms with van der Waals surface area (Å²) in [6.45, 7) is 3.71. The zero-order chi connectivity index (χ0) is 14.4. The van der Waals surface area contributed by atoms with Gasteiger partial charge in [0.05, 0.1) is 26.0 Å². The summed E-state index contributed by atoms with van der Waals surface area (Å²) in [5.41, 5.74) is 1.10. The van der Waals surface area contributed by atoms with E-state index < -0.39 is 0 Å². The number of aromatic nitrogens is 2. The largest absolute Gasteiger partial charge is 0.383 e. The van der Waals surface area contributed by atoms with Crippen molar-refractivity contribution >= 4 is 5.96 Å². The van der Waals surface area contributed by atoms with Gasteiger partial charge in [-0.15, -0.1) is 0 Å². The van der Waals surface area contributed by atoms with Crippen molar-refractivity contribution in [2.75, 3.05) is 47.0 Å². The average molecular weight is 281 g/mol. The van der Waals surface area contributed by atoms with Gasteiger partial charge in [-0.1, -0.05) is 0 Å². The number of guanidine groups is 1. The van der Waals surface area contributed by atoms with E-state index in [0.717, 1.165) is 31.2 Å². The Kier molecular flexibility index (Phi) is 5.37. The molecule has 1 unspecified atom stereocenters. The number of hydrogen-bond donors (Lipinski definition) is 1. The maximum Gasteiger partial charge on any atom is 0.193 e. The van der Waals surface area contributed by atoms with E-state index in [1.807, 2.05) is 19.4 Å². The number of aryl methyl sites for hydroxylation is 1. The zero-order valence-corrected chi connectivity index (χ0v) is 12.4. The van der Waals surface area contributed by atoms with E-state index in [2.05, 4.69) is 20.3 Å². The molecule has 0 aromatic carbocycles. The molecule has 112 valence electrons. The van der Waals surface area contributed by atoms with Gasteiger partial charge in [0.15, 0.2) is 5.96 Å². The third-order valence-corrected chi connectivity index (χ3v) is 3.26. The van der Waals surface area contributed by atoms with Crippen molar-refractivity contribution in [1.82, 2.24) is 20.0 Å². The van der Waals surface area contributed by atoms with Crippen LogP contribution in [0.3, 0.4) is 0 Å². The zero-order valence-electron chi connectivity index (χ0n) is 12.4. The number of nitrogens with one attached hydrogen (secondary N) is 1. The number of aliphatic imine (C=N–C) groups is 1. The SMILES string of the molecule is CN=C(NCCOC)N1CCOC(c2cnn(C)c2)C1. The summed E-state index contributed by atoms with van der Waals surface area (Å²) in [5.74, 6) is 0.888. The molecule has 2 rings (SSSR count). The second kappa shape index (κ2) is 7.25. The lowest BCUT2D eigenvalue weighted by Gasteiger charge is -2.34. The van der Waals surface area contributed by atoms with E-state index in [0.29, 0.717) is 13.2 Å². The Bertz CT molecular complexity index is 446. The van der Waals surface area contributed by atoms with Gasteiger partial charge >= 0.3 is 0 Å². The monoisotopic (exact) mass is 281 g/mol. The summed E-state index contributed by atoms with van der Waals surface area (Å²) < 4.78 is 12.7. The molecule has 1 aromatic rings. The van der Waals surface area contributed by atoms with Crippen molar-refractivity contribution in [2.45, 2.75) is 6.10 Å². The molecule has 1 aliphatic rings. The summed E-state index contributed by atoms with van der Waals surface area (Å²) in [4.78, 5) is 6.52. The smallest absolute Gasteiger partial charge is 0.193 e. The van der Waals surface area contributed by atoms with E-state index >= 15 is 0 Å². The predicted octanol–water partition coefficient (Wildman–Crippen LogP) is 0.0152. The number of ether oxygens (including phenoxy) is 2. The highest BCUT2D eigenvalue weighted by atomic mass is 16.5. The van der Waals surface area contributed by atoms with Crippen LogP contribution in [-0.2, 0) is 16.5 Å².